The first kappa shape index (κ1) is 29.3. The molecule has 2 aromatic rings. The number of nitrogens with two attached hydrogens (primary N) is 1. The Hall–Kier alpha value is -3.67. The molecule has 216 valence electrons. The van der Waals surface area contributed by atoms with E-state index in [0.29, 0.717) is 31.1 Å². The van der Waals surface area contributed by atoms with Gasteiger partial charge in [0.15, 0.2) is 6.61 Å². The van der Waals surface area contributed by atoms with Crippen LogP contribution in [0, 0.1) is 0 Å². The van der Waals surface area contributed by atoms with Crippen LogP contribution in [0.1, 0.15) is 25.0 Å². The topological polar surface area (TPSA) is 139 Å². The summed E-state index contributed by atoms with van der Waals surface area (Å²) in [6, 6.07) is 15.2. The fourth-order valence-electron chi connectivity index (χ4n) is 4.58. The van der Waals surface area contributed by atoms with E-state index >= 15 is 0 Å². The third-order valence-corrected chi connectivity index (χ3v) is 7.08. The molecule has 1 fully saturated rings. The number of piperazine rings is 1. The second kappa shape index (κ2) is 13.1. The standard InChI is InChI=1S/C28H37ClN6O5/c1-18(2)40-26-25(28(29,27(37)34-33-26)32-15-20-6-4-5-7-23(20)38-3)39-17-24(36)35-13-12-31-22(16-35)14-19-8-10-21(30)11-9-19/h4-11,18,22,31-33H,12-17,30H2,1-3H3,(H,34,37). The van der Waals surface area contributed by atoms with Gasteiger partial charge in [-0.2, -0.15) is 0 Å². The third kappa shape index (κ3) is 7.09. The zero-order valence-electron chi connectivity index (χ0n) is 23.0. The SMILES string of the molecule is COc1ccccc1CNC1(Cl)C(=O)NNC(OC(C)C)=C1OCC(=O)N1CCNC(Cc2ccc(N)cc2)C1. The molecule has 12 heteroatoms. The van der Waals surface area contributed by atoms with Gasteiger partial charge in [-0.05, 0) is 44.0 Å². The molecular weight excluding hydrogens is 536 g/mol. The third-order valence-electron chi connectivity index (χ3n) is 6.60. The summed E-state index contributed by atoms with van der Waals surface area (Å²) in [5.41, 5.74) is 13.6. The van der Waals surface area contributed by atoms with Crippen LogP contribution in [0.15, 0.2) is 60.2 Å². The maximum absolute atomic E-state index is 13.3. The van der Waals surface area contributed by atoms with E-state index in [1.807, 2.05) is 62.4 Å². The Morgan fingerprint density at radius 1 is 1.20 bits per heavy atom. The van der Waals surface area contributed by atoms with Gasteiger partial charge in [-0.15, -0.1) is 0 Å². The molecule has 2 atom stereocenters. The van der Waals surface area contributed by atoms with Gasteiger partial charge < -0.3 is 30.2 Å². The second-order valence-electron chi connectivity index (χ2n) is 9.95. The first-order chi connectivity index (χ1) is 19.2. The number of amides is 2. The van der Waals surface area contributed by atoms with Gasteiger partial charge in [0, 0.05) is 43.5 Å². The van der Waals surface area contributed by atoms with Crippen LogP contribution >= 0.6 is 11.6 Å². The molecule has 2 aliphatic heterocycles. The molecule has 0 saturated carbocycles. The number of hydrazine groups is 1. The van der Waals surface area contributed by atoms with Crippen molar-refractivity contribution in [1.29, 1.82) is 0 Å². The average Bonchev–Trinajstić information content (AvgIpc) is 2.95. The number of rotatable bonds is 11. The summed E-state index contributed by atoms with van der Waals surface area (Å²) < 4.78 is 17.3. The summed E-state index contributed by atoms with van der Waals surface area (Å²) in [7, 11) is 1.57. The lowest BCUT2D eigenvalue weighted by molar-refractivity contribution is -0.138. The lowest BCUT2D eigenvalue weighted by Crippen LogP contribution is -2.62. The van der Waals surface area contributed by atoms with Crippen molar-refractivity contribution in [2.75, 3.05) is 39.1 Å². The van der Waals surface area contributed by atoms with Crippen molar-refractivity contribution in [1.82, 2.24) is 26.4 Å². The fraction of sp³-hybridized carbons (Fsp3) is 0.429. The summed E-state index contributed by atoms with van der Waals surface area (Å²) in [5.74, 6) is -0.102. The highest BCUT2D eigenvalue weighted by molar-refractivity contribution is 6.36. The number of anilines is 1. The number of nitrogens with zero attached hydrogens (tertiary/aromatic N) is 1. The molecule has 0 bridgehead atoms. The van der Waals surface area contributed by atoms with Crippen LogP contribution < -0.4 is 32.0 Å². The average molecular weight is 573 g/mol. The smallest absolute Gasteiger partial charge is 0.282 e. The van der Waals surface area contributed by atoms with Gasteiger partial charge in [-0.3, -0.25) is 25.8 Å². The van der Waals surface area contributed by atoms with Gasteiger partial charge in [-0.1, -0.05) is 41.9 Å². The minimum atomic E-state index is -1.85. The second-order valence-corrected chi connectivity index (χ2v) is 10.5. The molecule has 11 nitrogen and oxygen atoms in total. The zero-order valence-corrected chi connectivity index (χ0v) is 23.7. The number of nitrogens with one attached hydrogen (secondary N) is 4. The van der Waals surface area contributed by atoms with Crippen molar-refractivity contribution in [2.24, 2.45) is 0 Å². The highest BCUT2D eigenvalue weighted by Crippen LogP contribution is 2.31. The molecule has 1 saturated heterocycles. The summed E-state index contributed by atoms with van der Waals surface area (Å²) in [4.78, 5) is 26.2. The Labute approximate surface area is 239 Å². The number of methoxy groups -OCH3 is 1. The normalized spacial score (nSPS) is 21.1. The number of nitrogen functional groups attached to an aromatic ring is 1. The fourth-order valence-corrected chi connectivity index (χ4v) is 4.83. The molecular formula is C28H37ClN6O5. The molecule has 2 amide bonds. The van der Waals surface area contributed by atoms with Crippen LogP contribution in [0.25, 0.3) is 0 Å². The van der Waals surface area contributed by atoms with E-state index in [2.05, 4.69) is 21.5 Å². The van der Waals surface area contributed by atoms with Crippen molar-refractivity contribution in [3.8, 4) is 5.75 Å². The van der Waals surface area contributed by atoms with E-state index in [-0.39, 0.29) is 42.8 Å². The van der Waals surface area contributed by atoms with Crippen molar-refractivity contribution >= 4 is 29.1 Å². The largest absolute Gasteiger partial charge is 0.496 e. The molecule has 2 heterocycles. The van der Waals surface area contributed by atoms with E-state index in [4.69, 9.17) is 31.5 Å². The Balaban J connectivity index is 1.47. The number of carbonyl (C=O) groups is 2. The van der Waals surface area contributed by atoms with Crippen molar-refractivity contribution in [3.63, 3.8) is 0 Å². The summed E-state index contributed by atoms with van der Waals surface area (Å²) in [5, 5.41) is 6.52. The maximum atomic E-state index is 13.3. The lowest BCUT2D eigenvalue weighted by atomic mass is 10.0. The van der Waals surface area contributed by atoms with Crippen LogP contribution in [0.2, 0.25) is 0 Å². The molecule has 2 aromatic carbocycles. The minimum Gasteiger partial charge on any atom is -0.496 e. The zero-order chi connectivity index (χ0) is 28.7. The minimum absolute atomic E-state index is 0.0246. The molecule has 2 unspecified atom stereocenters. The number of halogens is 1. The van der Waals surface area contributed by atoms with Crippen molar-refractivity contribution in [3.05, 3.63) is 71.3 Å². The van der Waals surface area contributed by atoms with Gasteiger partial charge in [0.1, 0.15) is 5.75 Å². The van der Waals surface area contributed by atoms with Gasteiger partial charge in [0.05, 0.1) is 13.2 Å². The van der Waals surface area contributed by atoms with Crippen LogP contribution in [0.3, 0.4) is 0 Å². The molecule has 0 aliphatic carbocycles. The van der Waals surface area contributed by atoms with Gasteiger partial charge in [-0.25, -0.2) is 0 Å². The van der Waals surface area contributed by atoms with Gasteiger partial charge >= 0.3 is 0 Å². The molecule has 0 spiro atoms. The Kier molecular flexibility index (Phi) is 9.62. The highest BCUT2D eigenvalue weighted by atomic mass is 35.5. The molecule has 0 aromatic heterocycles. The number of hydrogen-bond donors (Lipinski definition) is 5. The van der Waals surface area contributed by atoms with E-state index in [9.17, 15) is 9.59 Å². The molecule has 0 radical (unpaired) electrons. The van der Waals surface area contributed by atoms with Gasteiger partial charge in [0.2, 0.25) is 16.6 Å². The molecule has 4 rings (SSSR count). The monoisotopic (exact) mass is 572 g/mol. The van der Waals surface area contributed by atoms with E-state index in [1.165, 1.54) is 0 Å². The predicted molar refractivity (Wildman–Crippen MR) is 152 cm³/mol. The molecule has 2 aliphatic rings. The van der Waals surface area contributed by atoms with Crippen LogP contribution in [0.5, 0.6) is 5.75 Å². The Morgan fingerprint density at radius 2 is 1.95 bits per heavy atom. The lowest BCUT2D eigenvalue weighted by Gasteiger charge is -2.37. The quantitative estimate of drug-likeness (QED) is 0.154. The summed E-state index contributed by atoms with van der Waals surface area (Å²) in [6.07, 6.45) is 0.494. The maximum Gasteiger partial charge on any atom is 0.282 e. The number of ether oxygens (including phenoxy) is 3. The molecule has 40 heavy (non-hydrogen) atoms. The number of alkyl halides is 1. The number of benzene rings is 2. The Bertz CT molecular complexity index is 1220. The highest BCUT2D eigenvalue weighted by Gasteiger charge is 2.48. The van der Waals surface area contributed by atoms with Crippen LogP contribution in [-0.4, -0.2) is 67.2 Å². The molecule has 6 N–H and O–H groups in total. The van der Waals surface area contributed by atoms with Crippen molar-refractivity contribution in [2.45, 2.75) is 44.0 Å². The Morgan fingerprint density at radius 3 is 2.67 bits per heavy atom. The summed E-state index contributed by atoms with van der Waals surface area (Å²) >= 11 is 6.90. The van der Waals surface area contributed by atoms with Crippen LogP contribution in [0.4, 0.5) is 5.69 Å². The van der Waals surface area contributed by atoms with Gasteiger partial charge in [0.25, 0.3) is 11.8 Å². The number of hydrogen-bond acceptors (Lipinski definition) is 9. The van der Waals surface area contributed by atoms with Crippen molar-refractivity contribution < 1.29 is 23.8 Å². The van der Waals surface area contributed by atoms with E-state index in [0.717, 1.165) is 17.5 Å². The van der Waals surface area contributed by atoms with E-state index < -0.39 is 10.9 Å². The van der Waals surface area contributed by atoms with Crippen LogP contribution in [-0.2, 0) is 32.0 Å². The van der Waals surface area contributed by atoms with E-state index in [1.54, 1.807) is 12.0 Å². The first-order valence-electron chi connectivity index (χ1n) is 13.2. The number of para-hydroxylation sites is 1. The number of carbonyl (C=O) groups excluding carboxylic acids is 2. The predicted octanol–water partition coefficient (Wildman–Crippen LogP) is 1.59. The summed E-state index contributed by atoms with van der Waals surface area (Å²) in [6.45, 7) is 5.21. The first-order valence-corrected chi connectivity index (χ1v) is 13.6.